The van der Waals surface area contributed by atoms with E-state index in [1.807, 2.05) is 17.9 Å². The predicted octanol–water partition coefficient (Wildman–Crippen LogP) is 3.97. The number of hydrogen-bond donors (Lipinski definition) is 0. The summed E-state index contributed by atoms with van der Waals surface area (Å²) in [5, 5.41) is 1.14. The summed E-state index contributed by atoms with van der Waals surface area (Å²) >= 11 is 0. The normalized spacial score (nSPS) is 24.8. The van der Waals surface area contributed by atoms with Gasteiger partial charge in [0.25, 0.3) is 5.91 Å². The van der Waals surface area contributed by atoms with Crippen molar-refractivity contribution >= 4 is 25.4 Å². The van der Waals surface area contributed by atoms with Crippen LogP contribution in [-0.4, -0.2) is 68.0 Å². The Labute approximate surface area is 197 Å². The van der Waals surface area contributed by atoms with Gasteiger partial charge in [-0.3, -0.25) is 9.69 Å². The van der Waals surface area contributed by atoms with Crippen LogP contribution in [0.2, 0.25) is 0 Å². The zero-order valence-electron chi connectivity index (χ0n) is 19.5. The van der Waals surface area contributed by atoms with Gasteiger partial charge in [0.15, 0.2) is 0 Å². The second-order valence-corrected chi connectivity index (χ2v) is 11.1. The Balaban J connectivity index is 1.21. The van der Waals surface area contributed by atoms with Gasteiger partial charge in [0, 0.05) is 56.9 Å². The first kappa shape index (κ1) is 21.1. The maximum absolute atomic E-state index is 13.2. The summed E-state index contributed by atoms with van der Waals surface area (Å²) in [4.78, 5) is 24.9. The topological polar surface area (TPSA) is 44.1 Å². The molecule has 6 nitrogen and oxygen atoms in total. The Kier molecular flexibility index (Phi) is 5.38. The number of rotatable bonds is 4. The summed E-state index contributed by atoms with van der Waals surface area (Å²) in [6.45, 7) is 8.55. The highest BCUT2D eigenvalue weighted by molar-refractivity contribution is 7.51. The van der Waals surface area contributed by atoms with Gasteiger partial charge in [0.2, 0.25) is 0 Å². The number of carbonyl (C=O) groups excluding carboxylic acids is 1. The van der Waals surface area contributed by atoms with Crippen LogP contribution in [0.4, 0.5) is 0 Å². The van der Waals surface area contributed by atoms with Crippen molar-refractivity contribution in [1.29, 1.82) is 0 Å². The first-order valence-electron chi connectivity index (χ1n) is 12.3. The quantitative estimate of drug-likeness (QED) is 0.647. The number of aryl methyl sites for hydroxylation is 2. The van der Waals surface area contributed by atoms with Gasteiger partial charge in [-0.05, 0) is 54.8 Å². The standard InChI is InChI=1S/C26H32N5OP/c1-3-19-13-20(16-30-15-18(2)27-26(19)30)23-14-24(32)31-17-22(7-8-25(31)33-23)29-11-9-28(10-12-29)21-5-4-6-21/h7-8,13-17,21,25,33H,3-6,9-12H2,1-2H3. The fourth-order valence-corrected chi connectivity index (χ4v) is 6.78. The van der Waals surface area contributed by atoms with E-state index in [-0.39, 0.29) is 11.7 Å². The number of allylic oxidation sites excluding steroid dienone is 1. The van der Waals surface area contributed by atoms with Crippen LogP contribution in [-0.2, 0) is 11.2 Å². The molecular weight excluding hydrogens is 429 g/mol. The lowest BCUT2D eigenvalue weighted by Crippen LogP contribution is -2.52. The zero-order chi connectivity index (χ0) is 22.5. The van der Waals surface area contributed by atoms with Gasteiger partial charge < -0.3 is 14.2 Å². The molecule has 0 bridgehead atoms. The van der Waals surface area contributed by atoms with Crippen molar-refractivity contribution in [2.24, 2.45) is 0 Å². The maximum Gasteiger partial charge on any atom is 0.252 e. The van der Waals surface area contributed by atoms with Crippen LogP contribution in [0.25, 0.3) is 11.0 Å². The van der Waals surface area contributed by atoms with Gasteiger partial charge in [-0.2, -0.15) is 0 Å². The molecule has 5 heterocycles. The minimum absolute atomic E-state index is 0.0867. The van der Waals surface area contributed by atoms with Crippen LogP contribution in [0.15, 0.2) is 48.6 Å². The van der Waals surface area contributed by atoms with Gasteiger partial charge in [0.05, 0.1) is 17.2 Å². The van der Waals surface area contributed by atoms with Gasteiger partial charge in [0.1, 0.15) is 5.65 Å². The van der Waals surface area contributed by atoms with E-state index in [4.69, 9.17) is 0 Å². The van der Waals surface area contributed by atoms with Crippen LogP contribution >= 0.6 is 8.58 Å². The van der Waals surface area contributed by atoms with Gasteiger partial charge >= 0.3 is 0 Å². The molecule has 2 fully saturated rings. The molecule has 0 N–H and O–H groups in total. The van der Waals surface area contributed by atoms with E-state index in [0.29, 0.717) is 8.58 Å². The molecule has 0 radical (unpaired) electrons. The monoisotopic (exact) mass is 461 g/mol. The summed E-state index contributed by atoms with van der Waals surface area (Å²) < 4.78 is 2.11. The van der Waals surface area contributed by atoms with E-state index in [1.165, 1.54) is 30.5 Å². The number of imidazole rings is 1. The third-order valence-electron chi connectivity index (χ3n) is 7.56. The molecule has 2 aromatic rings. The Morgan fingerprint density at radius 1 is 1.15 bits per heavy atom. The second-order valence-electron chi connectivity index (χ2n) is 9.63. The van der Waals surface area contributed by atoms with E-state index >= 15 is 0 Å². The number of fused-ring (bicyclic) bond motifs is 2. The molecule has 33 heavy (non-hydrogen) atoms. The maximum atomic E-state index is 13.2. The molecule has 1 amide bonds. The highest BCUT2D eigenvalue weighted by Gasteiger charge is 2.32. The first-order valence-corrected chi connectivity index (χ1v) is 13.3. The molecule has 1 saturated carbocycles. The highest BCUT2D eigenvalue weighted by atomic mass is 31.1. The smallest absolute Gasteiger partial charge is 0.252 e. The predicted molar refractivity (Wildman–Crippen MR) is 134 cm³/mol. The molecule has 0 aromatic carbocycles. The van der Waals surface area contributed by atoms with E-state index in [2.05, 4.69) is 62.9 Å². The Bertz CT molecular complexity index is 1180. The van der Waals surface area contributed by atoms with Gasteiger partial charge in [-0.15, -0.1) is 0 Å². The third kappa shape index (κ3) is 3.83. The van der Waals surface area contributed by atoms with Crippen LogP contribution < -0.4 is 0 Å². The minimum atomic E-state index is 0.0867. The number of piperazine rings is 1. The summed E-state index contributed by atoms with van der Waals surface area (Å²) in [7, 11) is 0.535. The zero-order valence-corrected chi connectivity index (χ0v) is 20.5. The molecule has 172 valence electrons. The van der Waals surface area contributed by atoms with Gasteiger partial charge in [-0.25, -0.2) is 4.98 Å². The molecule has 1 aliphatic carbocycles. The summed E-state index contributed by atoms with van der Waals surface area (Å²) in [6.07, 6.45) is 17.7. The Morgan fingerprint density at radius 3 is 2.70 bits per heavy atom. The average molecular weight is 462 g/mol. The van der Waals surface area contributed by atoms with Crippen molar-refractivity contribution in [3.05, 3.63) is 65.4 Å². The summed E-state index contributed by atoms with van der Waals surface area (Å²) in [5.74, 6) is 0.200. The lowest BCUT2D eigenvalue weighted by Gasteiger charge is -2.44. The van der Waals surface area contributed by atoms with E-state index in [1.54, 1.807) is 0 Å². The fraction of sp³-hybridized carbons (Fsp3) is 0.462. The first-order chi connectivity index (χ1) is 16.1. The molecule has 6 rings (SSSR count). The van der Waals surface area contributed by atoms with Crippen molar-refractivity contribution in [1.82, 2.24) is 24.1 Å². The SMILES string of the molecule is CCc1cc(C2=CC(=O)N3C=C(N4CCN(C5CCC5)CC4)C=CC3P2)cn2cc(C)nc12. The number of pyridine rings is 1. The van der Waals surface area contributed by atoms with Crippen LogP contribution in [0, 0.1) is 6.92 Å². The van der Waals surface area contributed by atoms with Crippen LogP contribution in [0.3, 0.4) is 0 Å². The highest BCUT2D eigenvalue weighted by Crippen LogP contribution is 2.45. The Hall–Kier alpha value is -2.43. The van der Waals surface area contributed by atoms with E-state index in [0.717, 1.165) is 60.9 Å². The van der Waals surface area contributed by atoms with Crippen LogP contribution in [0.5, 0.6) is 0 Å². The molecule has 1 saturated heterocycles. The third-order valence-corrected chi connectivity index (χ3v) is 9.07. The van der Waals surface area contributed by atoms with Crippen LogP contribution in [0.1, 0.15) is 43.0 Å². The van der Waals surface area contributed by atoms with Crippen molar-refractivity contribution < 1.29 is 4.79 Å². The molecule has 7 heteroatoms. The molecule has 4 aliphatic rings. The van der Waals surface area contributed by atoms with E-state index < -0.39 is 0 Å². The van der Waals surface area contributed by atoms with Crippen molar-refractivity contribution in [2.75, 3.05) is 26.2 Å². The lowest BCUT2D eigenvalue weighted by molar-refractivity contribution is -0.123. The molecule has 2 aromatic heterocycles. The number of amides is 1. The Morgan fingerprint density at radius 2 is 1.97 bits per heavy atom. The number of nitrogens with zero attached hydrogens (tertiary/aromatic N) is 5. The molecule has 3 aliphatic heterocycles. The summed E-state index contributed by atoms with van der Waals surface area (Å²) in [6, 6.07) is 3.04. The lowest BCUT2D eigenvalue weighted by atomic mass is 9.91. The number of carbonyl (C=O) groups is 1. The minimum Gasteiger partial charge on any atom is -0.368 e. The van der Waals surface area contributed by atoms with Gasteiger partial charge in [-0.1, -0.05) is 28.0 Å². The van der Waals surface area contributed by atoms with Crippen molar-refractivity contribution in [3.63, 3.8) is 0 Å². The average Bonchev–Trinajstić information content (AvgIpc) is 3.17. The molecule has 0 spiro atoms. The van der Waals surface area contributed by atoms with Crippen molar-refractivity contribution in [3.8, 4) is 0 Å². The summed E-state index contributed by atoms with van der Waals surface area (Å²) in [5.41, 5.74) is 5.58. The molecule has 2 unspecified atom stereocenters. The van der Waals surface area contributed by atoms with E-state index in [9.17, 15) is 4.79 Å². The second kappa shape index (κ2) is 8.41. The largest absolute Gasteiger partial charge is 0.368 e. The number of aromatic nitrogens is 2. The molecular formula is C26H32N5OP. The molecule has 2 atom stereocenters. The fourth-order valence-electron chi connectivity index (χ4n) is 5.42. The number of hydrogen-bond acceptors (Lipinski definition) is 4. The van der Waals surface area contributed by atoms with Crippen molar-refractivity contribution in [2.45, 2.75) is 51.4 Å².